The van der Waals surface area contributed by atoms with Crippen LogP contribution in [-0.2, 0) is 12.8 Å². The van der Waals surface area contributed by atoms with Gasteiger partial charge < -0.3 is 11.1 Å². The summed E-state index contributed by atoms with van der Waals surface area (Å²) in [7, 11) is 0. The maximum Gasteiger partial charge on any atom is 0.193 e. The van der Waals surface area contributed by atoms with E-state index in [0.29, 0.717) is 5.96 Å². The van der Waals surface area contributed by atoms with Crippen LogP contribution < -0.4 is 11.1 Å². The van der Waals surface area contributed by atoms with Crippen LogP contribution in [0.1, 0.15) is 43.7 Å². The number of halogens is 1. The highest BCUT2D eigenvalue weighted by Gasteiger charge is 2.27. The zero-order valence-electron chi connectivity index (χ0n) is 14.1. The number of hydrogen-bond acceptors (Lipinski definition) is 2. The molecule has 23 heavy (non-hydrogen) atoms. The summed E-state index contributed by atoms with van der Waals surface area (Å²) in [5, 5.41) is 3.32. The third kappa shape index (κ3) is 5.08. The summed E-state index contributed by atoms with van der Waals surface area (Å²) in [5.74, 6) is 0.547. The van der Waals surface area contributed by atoms with Crippen LogP contribution in [0, 0.1) is 0 Å². The zero-order chi connectivity index (χ0) is 15.4. The molecule has 1 aromatic carbocycles. The summed E-state index contributed by atoms with van der Waals surface area (Å²) in [5.41, 5.74) is 10.1. The lowest BCUT2D eigenvalue weighted by Crippen LogP contribution is -2.30. The Labute approximate surface area is 156 Å². The van der Waals surface area contributed by atoms with Crippen molar-refractivity contribution in [1.29, 1.82) is 0 Å². The van der Waals surface area contributed by atoms with E-state index in [0.717, 1.165) is 37.8 Å². The van der Waals surface area contributed by atoms with Gasteiger partial charge in [-0.25, -0.2) is 0 Å². The Bertz CT molecular complexity index is 540. The Kier molecular flexibility index (Phi) is 7.14. The minimum absolute atomic E-state index is 0. The molecule has 0 aliphatic heterocycles. The Balaban J connectivity index is 0.00000192. The first-order chi connectivity index (χ1) is 10.8. The third-order valence-corrected chi connectivity index (χ3v) is 4.80. The Morgan fingerprint density at radius 1 is 1.30 bits per heavy atom. The summed E-state index contributed by atoms with van der Waals surface area (Å²) >= 11 is 0. The fourth-order valence-electron chi connectivity index (χ4n) is 3.41. The third-order valence-electron chi connectivity index (χ3n) is 4.80. The van der Waals surface area contributed by atoms with Gasteiger partial charge in [0.2, 0.25) is 0 Å². The lowest BCUT2D eigenvalue weighted by molar-refractivity contribution is 0.286. The topological polar surface area (TPSA) is 53.6 Å². The molecule has 0 amide bonds. The van der Waals surface area contributed by atoms with E-state index in [1.807, 2.05) is 0 Å². The molecule has 0 radical (unpaired) electrons. The number of likely N-dealkylation sites (N-methyl/N-ethyl adjacent to an activating group) is 1. The van der Waals surface area contributed by atoms with Crippen molar-refractivity contribution < 1.29 is 0 Å². The van der Waals surface area contributed by atoms with Crippen LogP contribution in [0.2, 0.25) is 0 Å². The molecule has 0 heterocycles. The lowest BCUT2D eigenvalue weighted by atomic mass is 9.90. The average Bonchev–Trinajstić information content (AvgIpc) is 3.37. The number of benzene rings is 1. The van der Waals surface area contributed by atoms with Gasteiger partial charge in [-0.05, 0) is 62.3 Å². The fourth-order valence-corrected chi connectivity index (χ4v) is 3.41. The summed E-state index contributed by atoms with van der Waals surface area (Å²) in [6.45, 7) is 5.12. The fraction of sp³-hybridized carbons (Fsp3) is 0.611. The van der Waals surface area contributed by atoms with Gasteiger partial charge in [0, 0.05) is 18.3 Å². The Hall–Kier alpha value is -0.820. The minimum atomic E-state index is 0. The zero-order valence-corrected chi connectivity index (χ0v) is 16.4. The van der Waals surface area contributed by atoms with Crippen LogP contribution >= 0.6 is 24.0 Å². The molecule has 0 unspecified atom stereocenters. The molecular formula is C18H29IN4. The molecule has 0 aromatic heterocycles. The molecule has 5 heteroatoms. The van der Waals surface area contributed by atoms with E-state index < -0.39 is 0 Å². The molecule has 3 rings (SSSR count). The predicted octanol–water partition coefficient (Wildman–Crippen LogP) is 3.39. The number of aryl methyl sites for hydroxylation is 1. The molecule has 0 spiro atoms. The molecule has 0 saturated heterocycles. The predicted molar refractivity (Wildman–Crippen MR) is 109 cm³/mol. The maximum absolute atomic E-state index is 6.08. The first-order valence-electron chi connectivity index (χ1n) is 8.69. The maximum atomic E-state index is 6.08. The lowest BCUT2D eigenvalue weighted by Gasteiger charge is -2.20. The van der Waals surface area contributed by atoms with E-state index in [9.17, 15) is 0 Å². The number of aliphatic imine (C=N–C) groups is 1. The standard InChI is InChI=1S/C18H28N4.HI/c1-2-22(15-10-11-15)13-12-20-18(19)21-17-9-5-7-14-6-3-4-8-16(14)17;/h5,7,9,15H,2-4,6,8,10-13H2,1H3,(H3,19,20,21);1H. The molecule has 3 N–H and O–H groups in total. The molecule has 0 atom stereocenters. The highest BCUT2D eigenvalue weighted by Crippen LogP contribution is 2.28. The van der Waals surface area contributed by atoms with Gasteiger partial charge in [0.05, 0.1) is 6.54 Å². The molecule has 1 aromatic rings. The van der Waals surface area contributed by atoms with Gasteiger partial charge in [0.15, 0.2) is 5.96 Å². The normalized spacial score (nSPS) is 17.6. The van der Waals surface area contributed by atoms with E-state index in [1.54, 1.807) is 0 Å². The number of hydrogen-bond donors (Lipinski definition) is 2. The second kappa shape index (κ2) is 8.87. The van der Waals surface area contributed by atoms with Crippen molar-refractivity contribution in [2.75, 3.05) is 25.0 Å². The molecular weight excluding hydrogens is 399 g/mol. The van der Waals surface area contributed by atoms with Crippen molar-refractivity contribution in [1.82, 2.24) is 4.90 Å². The largest absolute Gasteiger partial charge is 0.370 e. The first-order valence-corrected chi connectivity index (χ1v) is 8.69. The number of nitrogens with one attached hydrogen (secondary N) is 1. The number of anilines is 1. The van der Waals surface area contributed by atoms with Gasteiger partial charge in [-0.2, -0.15) is 0 Å². The SMILES string of the molecule is CCN(CCN=C(N)Nc1cccc2c1CCCC2)C1CC1.I. The van der Waals surface area contributed by atoms with Crippen LogP contribution in [0.3, 0.4) is 0 Å². The van der Waals surface area contributed by atoms with Gasteiger partial charge in [-0.3, -0.25) is 9.89 Å². The van der Waals surface area contributed by atoms with Crippen molar-refractivity contribution in [3.05, 3.63) is 29.3 Å². The van der Waals surface area contributed by atoms with Crippen molar-refractivity contribution >= 4 is 35.6 Å². The number of guanidine groups is 1. The van der Waals surface area contributed by atoms with Crippen molar-refractivity contribution in [3.8, 4) is 0 Å². The Morgan fingerprint density at radius 2 is 2.09 bits per heavy atom. The van der Waals surface area contributed by atoms with E-state index in [4.69, 9.17) is 5.73 Å². The van der Waals surface area contributed by atoms with Crippen molar-refractivity contribution in [2.24, 2.45) is 10.7 Å². The number of rotatable bonds is 6. The second-order valence-corrected chi connectivity index (χ2v) is 6.40. The molecule has 2 aliphatic rings. The van der Waals surface area contributed by atoms with E-state index in [-0.39, 0.29) is 24.0 Å². The summed E-state index contributed by atoms with van der Waals surface area (Å²) in [6.07, 6.45) is 7.61. The number of nitrogens with two attached hydrogens (primary N) is 1. The van der Waals surface area contributed by atoms with Crippen LogP contribution in [0.5, 0.6) is 0 Å². The summed E-state index contributed by atoms with van der Waals surface area (Å²) in [6, 6.07) is 7.28. The van der Waals surface area contributed by atoms with Crippen LogP contribution in [0.25, 0.3) is 0 Å². The van der Waals surface area contributed by atoms with Gasteiger partial charge in [-0.15, -0.1) is 24.0 Å². The molecule has 2 aliphatic carbocycles. The highest BCUT2D eigenvalue weighted by molar-refractivity contribution is 14.0. The molecule has 4 nitrogen and oxygen atoms in total. The molecule has 128 valence electrons. The summed E-state index contributed by atoms with van der Waals surface area (Å²) in [4.78, 5) is 7.01. The molecule has 0 bridgehead atoms. The smallest absolute Gasteiger partial charge is 0.193 e. The van der Waals surface area contributed by atoms with Gasteiger partial charge >= 0.3 is 0 Å². The van der Waals surface area contributed by atoms with Crippen LogP contribution in [0.15, 0.2) is 23.2 Å². The van der Waals surface area contributed by atoms with Crippen molar-refractivity contribution in [3.63, 3.8) is 0 Å². The van der Waals surface area contributed by atoms with E-state index in [2.05, 4.69) is 40.3 Å². The molecule has 1 saturated carbocycles. The van der Waals surface area contributed by atoms with Gasteiger partial charge in [0.1, 0.15) is 0 Å². The average molecular weight is 428 g/mol. The quantitative estimate of drug-likeness (QED) is 0.415. The van der Waals surface area contributed by atoms with Gasteiger partial charge in [0.25, 0.3) is 0 Å². The van der Waals surface area contributed by atoms with E-state index in [1.165, 1.54) is 43.2 Å². The van der Waals surface area contributed by atoms with Crippen molar-refractivity contribution in [2.45, 2.75) is 51.5 Å². The number of fused-ring (bicyclic) bond motifs is 1. The highest BCUT2D eigenvalue weighted by atomic mass is 127. The Morgan fingerprint density at radius 3 is 2.83 bits per heavy atom. The van der Waals surface area contributed by atoms with Gasteiger partial charge in [-0.1, -0.05) is 19.1 Å². The second-order valence-electron chi connectivity index (χ2n) is 6.40. The molecule has 1 fully saturated rings. The summed E-state index contributed by atoms with van der Waals surface area (Å²) < 4.78 is 0. The van der Waals surface area contributed by atoms with Crippen LogP contribution in [-0.4, -0.2) is 36.5 Å². The van der Waals surface area contributed by atoms with Crippen LogP contribution in [0.4, 0.5) is 5.69 Å². The number of nitrogens with zero attached hydrogens (tertiary/aromatic N) is 2. The van der Waals surface area contributed by atoms with E-state index >= 15 is 0 Å². The first kappa shape index (κ1) is 18.5. The minimum Gasteiger partial charge on any atom is -0.370 e. The monoisotopic (exact) mass is 428 g/mol.